The third-order valence-corrected chi connectivity index (χ3v) is 8.59. The smallest absolute Gasteiger partial charge is 0.329 e. The molecule has 0 aliphatic heterocycles. The van der Waals surface area contributed by atoms with E-state index in [1.165, 1.54) is 42.6 Å². The van der Waals surface area contributed by atoms with Gasteiger partial charge in [-0.2, -0.15) is 0 Å². The van der Waals surface area contributed by atoms with Crippen LogP contribution in [0.4, 0.5) is 5.82 Å². The van der Waals surface area contributed by atoms with Crippen LogP contribution in [0.3, 0.4) is 0 Å². The Bertz CT molecular complexity index is 1710. The first-order valence-electron chi connectivity index (χ1n) is 17.2. The molecule has 54 heavy (non-hydrogen) atoms. The summed E-state index contributed by atoms with van der Waals surface area (Å²) < 4.78 is 54.7. The minimum atomic E-state index is -3.98. The summed E-state index contributed by atoms with van der Waals surface area (Å²) >= 11 is 0. The second-order valence-electron chi connectivity index (χ2n) is 11.5. The third-order valence-electron chi connectivity index (χ3n) is 7.22. The number of rotatable bonds is 28. The number of benzene rings is 2. The van der Waals surface area contributed by atoms with Crippen LogP contribution in [0.1, 0.15) is 41.6 Å². The number of aromatic nitrogens is 1. The molecule has 0 aliphatic carbocycles. The van der Waals surface area contributed by atoms with Gasteiger partial charge in [0.1, 0.15) is 30.5 Å². The number of nitrogens with zero attached hydrogens (tertiary/aromatic N) is 1. The number of amides is 2. The second-order valence-corrected chi connectivity index (χ2v) is 13.2. The van der Waals surface area contributed by atoms with E-state index in [1.807, 2.05) is 24.3 Å². The van der Waals surface area contributed by atoms with E-state index >= 15 is 0 Å². The lowest BCUT2D eigenvalue weighted by Gasteiger charge is -2.10. The van der Waals surface area contributed by atoms with Crippen LogP contribution in [-0.4, -0.2) is 113 Å². The molecule has 0 bridgehead atoms. The van der Waals surface area contributed by atoms with Gasteiger partial charge in [-0.05, 0) is 73.4 Å². The highest BCUT2D eigenvalue weighted by Crippen LogP contribution is 2.24. The number of aryl methyl sites for hydroxylation is 1. The molecule has 1 heterocycles. The van der Waals surface area contributed by atoms with Crippen molar-refractivity contribution in [2.75, 3.05) is 70.7 Å². The fourth-order valence-electron chi connectivity index (χ4n) is 4.53. The van der Waals surface area contributed by atoms with Gasteiger partial charge in [0, 0.05) is 25.7 Å². The second kappa shape index (κ2) is 24.2. The molecule has 0 aliphatic rings. The number of anilines is 1. The van der Waals surface area contributed by atoms with Crippen LogP contribution in [-0.2, 0) is 49.8 Å². The Morgan fingerprint density at radius 1 is 0.648 bits per heavy atom. The molecule has 1 aromatic heterocycles. The van der Waals surface area contributed by atoms with E-state index in [-0.39, 0.29) is 87.9 Å². The molecule has 18 heteroatoms. The van der Waals surface area contributed by atoms with Crippen molar-refractivity contribution in [1.29, 1.82) is 0 Å². The first-order chi connectivity index (χ1) is 26.0. The number of aliphatic carboxylic acids is 2. The zero-order valence-corrected chi connectivity index (χ0v) is 30.5. The van der Waals surface area contributed by atoms with Crippen LogP contribution in [0.15, 0.2) is 71.8 Å². The summed E-state index contributed by atoms with van der Waals surface area (Å²) in [5.74, 6) is -1.54. The van der Waals surface area contributed by atoms with E-state index < -0.39 is 34.5 Å². The van der Waals surface area contributed by atoms with Crippen LogP contribution in [0, 0.1) is 0 Å². The minimum Gasteiger partial charge on any atom is -0.481 e. The van der Waals surface area contributed by atoms with E-state index in [9.17, 15) is 27.6 Å². The van der Waals surface area contributed by atoms with Gasteiger partial charge in [-0.25, -0.2) is 18.2 Å². The summed E-state index contributed by atoms with van der Waals surface area (Å²) in [5, 5.41) is 22.5. The van der Waals surface area contributed by atoms with E-state index in [2.05, 4.69) is 20.3 Å². The van der Waals surface area contributed by atoms with Gasteiger partial charge in [0.25, 0.3) is 15.9 Å². The highest BCUT2D eigenvalue weighted by atomic mass is 32.2. The molecule has 2 aromatic carbocycles. The summed E-state index contributed by atoms with van der Waals surface area (Å²) in [7, 11) is -3.98. The summed E-state index contributed by atoms with van der Waals surface area (Å²) in [6.07, 6.45) is 4.66. The summed E-state index contributed by atoms with van der Waals surface area (Å²) in [4.78, 5) is 49.2. The van der Waals surface area contributed by atoms with E-state index in [4.69, 9.17) is 33.9 Å². The molecule has 0 atom stereocenters. The maximum Gasteiger partial charge on any atom is 0.329 e. The number of pyridine rings is 1. The molecule has 3 aromatic rings. The molecule has 5 N–H and O–H groups in total. The lowest BCUT2D eigenvalue weighted by Crippen LogP contribution is -2.31. The monoisotopic (exact) mass is 774 g/mol. The predicted octanol–water partition coefficient (Wildman–Crippen LogP) is 2.86. The Morgan fingerprint density at radius 3 is 1.87 bits per heavy atom. The summed E-state index contributed by atoms with van der Waals surface area (Å²) in [6, 6.07) is 16.2. The fourth-order valence-corrected chi connectivity index (χ4v) is 5.54. The van der Waals surface area contributed by atoms with Gasteiger partial charge in [-0.3, -0.25) is 19.1 Å². The van der Waals surface area contributed by atoms with E-state index in [1.54, 1.807) is 0 Å². The molecule has 0 fully saturated rings. The average molecular weight is 775 g/mol. The van der Waals surface area contributed by atoms with Crippen molar-refractivity contribution in [3.05, 3.63) is 78.0 Å². The van der Waals surface area contributed by atoms with Crippen molar-refractivity contribution in [2.24, 2.45) is 0 Å². The topological polar surface area (TPSA) is 238 Å². The standard InChI is InChI=1S/C36H46N4O13S/c41-33(37-16-18-49-21-23-52-26-35(44)45)25-51-22-20-50-19-17-38-36(46)28-8-15-32(39-24-28)40-54(47,48)31-13-11-30(12-14-31)53-29-9-6-27(7-10-29)4-2-1-3-5-34(42)43/h6-15,24H,1-5,16-23,25-26H2,(H,37,41)(H,38,46)(H,39,40)(H,42,43)(H,44,45). The van der Waals surface area contributed by atoms with Crippen molar-refractivity contribution in [3.8, 4) is 11.5 Å². The largest absolute Gasteiger partial charge is 0.481 e. The Labute approximate surface area is 313 Å². The first-order valence-corrected chi connectivity index (χ1v) is 18.7. The fraction of sp³-hybridized carbons (Fsp3) is 0.417. The quantitative estimate of drug-likeness (QED) is 0.0668. The molecule has 0 radical (unpaired) electrons. The number of hydrogen-bond donors (Lipinski definition) is 5. The van der Waals surface area contributed by atoms with Gasteiger partial charge >= 0.3 is 11.9 Å². The third kappa shape index (κ3) is 18.1. The molecule has 0 unspecified atom stereocenters. The Kier molecular flexibility index (Phi) is 19.4. The molecule has 0 saturated heterocycles. The number of nitrogens with one attached hydrogen (secondary N) is 3. The van der Waals surface area contributed by atoms with Crippen LogP contribution in [0.2, 0.25) is 0 Å². The molecule has 2 amide bonds. The van der Waals surface area contributed by atoms with Gasteiger partial charge < -0.3 is 44.5 Å². The van der Waals surface area contributed by atoms with Crippen LogP contribution < -0.4 is 20.1 Å². The van der Waals surface area contributed by atoms with E-state index in [0.29, 0.717) is 17.9 Å². The van der Waals surface area contributed by atoms with Crippen molar-refractivity contribution >= 4 is 39.6 Å². The number of ether oxygens (including phenoxy) is 5. The highest BCUT2D eigenvalue weighted by Gasteiger charge is 2.16. The Morgan fingerprint density at radius 2 is 1.26 bits per heavy atom. The Balaban J connectivity index is 1.27. The lowest BCUT2D eigenvalue weighted by atomic mass is 10.1. The number of carbonyl (C=O) groups is 4. The first kappa shape index (κ1) is 43.3. The van der Waals surface area contributed by atoms with Crippen LogP contribution in [0.25, 0.3) is 0 Å². The van der Waals surface area contributed by atoms with Crippen LogP contribution in [0.5, 0.6) is 11.5 Å². The predicted molar refractivity (Wildman–Crippen MR) is 194 cm³/mol. The van der Waals surface area contributed by atoms with Gasteiger partial charge in [-0.1, -0.05) is 18.6 Å². The molecule has 3 rings (SSSR count). The highest BCUT2D eigenvalue weighted by molar-refractivity contribution is 7.92. The average Bonchev–Trinajstić information content (AvgIpc) is 3.14. The van der Waals surface area contributed by atoms with Crippen molar-refractivity contribution in [3.63, 3.8) is 0 Å². The number of unbranched alkanes of at least 4 members (excludes halogenated alkanes) is 2. The molecule has 0 saturated carbocycles. The zero-order valence-electron chi connectivity index (χ0n) is 29.7. The van der Waals surface area contributed by atoms with Crippen molar-refractivity contribution in [2.45, 2.75) is 37.0 Å². The van der Waals surface area contributed by atoms with Gasteiger partial charge in [-0.15, -0.1) is 0 Å². The van der Waals surface area contributed by atoms with Gasteiger partial charge in [0.2, 0.25) is 5.91 Å². The Hall–Kier alpha value is -5.14. The van der Waals surface area contributed by atoms with Gasteiger partial charge in [0.15, 0.2) is 0 Å². The molecular weight excluding hydrogens is 728 g/mol. The summed E-state index contributed by atoms with van der Waals surface area (Å²) in [6.45, 7) is 1.03. The number of hydrogen-bond acceptors (Lipinski definition) is 12. The molecule has 17 nitrogen and oxygen atoms in total. The summed E-state index contributed by atoms with van der Waals surface area (Å²) in [5.41, 5.74) is 1.33. The normalized spacial score (nSPS) is 11.1. The number of sulfonamides is 1. The van der Waals surface area contributed by atoms with Crippen molar-refractivity contribution < 1.29 is 61.5 Å². The lowest BCUT2D eigenvalue weighted by molar-refractivity contribution is -0.143. The van der Waals surface area contributed by atoms with Crippen LogP contribution >= 0.6 is 0 Å². The maximum absolute atomic E-state index is 12.9. The number of carboxylic acids is 2. The number of carbonyl (C=O) groups excluding carboxylic acids is 2. The molecule has 294 valence electrons. The molecule has 0 spiro atoms. The maximum atomic E-state index is 12.9. The van der Waals surface area contributed by atoms with Gasteiger partial charge in [0.05, 0.1) is 50.1 Å². The SMILES string of the molecule is O=C(O)CCCCCc1ccc(Oc2ccc(S(=O)(=O)Nc3ccc(C(=O)NCCOCCOCC(=O)NCCOCCOCC(=O)O)cn3)cc2)cc1. The van der Waals surface area contributed by atoms with E-state index in [0.717, 1.165) is 24.8 Å². The zero-order chi connectivity index (χ0) is 39.0. The van der Waals surface area contributed by atoms with Crippen molar-refractivity contribution in [1.82, 2.24) is 15.6 Å². The number of carboxylic acid groups (broad SMARTS) is 2. The minimum absolute atomic E-state index is 0.00792. The molecular formula is C36H46N4O13S.